The molecule has 0 aliphatic heterocycles. The fourth-order valence-electron chi connectivity index (χ4n) is 1.74. The van der Waals surface area contributed by atoms with Crippen LogP contribution in [0.4, 0.5) is 0 Å². The second-order valence-electron chi connectivity index (χ2n) is 3.90. The molecule has 2 rings (SSSR count). The minimum Gasteiger partial charge on any atom is -0.454 e. The number of thiocarbonyl (C=S) groups is 1. The van der Waals surface area contributed by atoms with Crippen LogP contribution >= 0.6 is 12.2 Å². The van der Waals surface area contributed by atoms with Gasteiger partial charge in [0.15, 0.2) is 5.76 Å². The zero-order valence-corrected chi connectivity index (χ0v) is 10.1. The fourth-order valence-corrected chi connectivity index (χ4v) is 1.85. The number of rotatable bonds is 2. The summed E-state index contributed by atoms with van der Waals surface area (Å²) in [4.78, 5) is 0.288. The minimum absolute atomic E-state index is 0.288. The monoisotopic (exact) mass is 231 g/mol. The normalized spacial score (nSPS) is 10.4. The van der Waals surface area contributed by atoms with Gasteiger partial charge >= 0.3 is 0 Å². The Morgan fingerprint density at radius 3 is 2.25 bits per heavy atom. The fraction of sp³-hybridized carbons (Fsp3) is 0.154. The van der Waals surface area contributed by atoms with Gasteiger partial charge in [0.2, 0.25) is 0 Å². The first-order chi connectivity index (χ1) is 7.56. The van der Waals surface area contributed by atoms with Crippen LogP contribution in [-0.2, 0) is 0 Å². The molecule has 82 valence electrons. The van der Waals surface area contributed by atoms with Gasteiger partial charge in [-0.05, 0) is 38.1 Å². The van der Waals surface area contributed by atoms with Gasteiger partial charge in [0.25, 0.3) is 0 Å². The van der Waals surface area contributed by atoms with Gasteiger partial charge in [-0.15, -0.1) is 0 Å². The lowest BCUT2D eigenvalue weighted by Crippen LogP contribution is -2.07. The van der Waals surface area contributed by atoms with E-state index in [9.17, 15) is 0 Å². The van der Waals surface area contributed by atoms with Gasteiger partial charge < -0.3 is 10.2 Å². The average Bonchev–Trinajstić information content (AvgIpc) is 2.64. The van der Waals surface area contributed by atoms with Gasteiger partial charge in [-0.2, -0.15) is 0 Å². The van der Waals surface area contributed by atoms with Crippen molar-refractivity contribution in [2.75, 3.05) is 0 Å². The van der Waals surface area contributed by atoms with Crippen molar-refractivity contribution < 1.29 is 4.42 Å². The van der Waals surface area contributed by atoms with Crippen molar-refractivity contribution >= 4 is 17.2 Å². The molecule has 1 aromatic heterocycles. The summed E-state index contributed by atoms with van der Waals surface area (Å²) in [6.45, 7) is 4.13. The number of hydrogen-bond acceptors (Lipinski definition) is 2. The molecule has 0 radical (unpaired) electrons. The standard InChI is InChI=1S/C13H13NOS/c1-8-5-9(2)7-10(6-8)11-3-4-12(15-11)13(14)16/h3-7H,1-2H3,(H2,14,16). The van der Waals surface area contributed by atoms with Crippen LogP contribution in [0.3, 0.4) is 0 Å². The van der Waals surface area contributed by atoms with E-state index >= 15 is 0 Å². The van der Waals surface area contributed by atoms with Gasteiger partial charge in [0.05, 0.1) is 0 Å². The molecular formula is C13H13NOS. The second kappa shape index (κ2) is 4.10. The maximum absolute atomic E-state index is 5.57. The van der Waals surface area contributed by atoms with E-state index in [1.165, 1.54) is 11.1 Å². The van der Waals surface area contributed by atoms with Crippen LogP contribution in [0.15, 0.2) is 34.7 Å². The highest BCUT2D eigenvalue weighted by atomic mass is 32.1. The predicted octanol–water partition coefficient (Wildman–Crippen LogP) is 3.20. The van der Waals surface area contributed by atoms with E-state index in [2.05, 4.69) is 32.0 Å². The first kappa shape index (κ1) is 10.9. The van der Waals surface area contributed by atoms with E-state index in [4.69, 9.17) is 22.4 Å². The molecule has 0 amide bonds. The number of benzene rings is 1. The summed E-state index contributed by atoms with van der Waals surface area (Å²) < 4.78 is 5.57. The zero-order valence-electron chi connectivity index (χ0n) is 9.28. The molecule has 0 aliphatic rings. The van der Waals surface area contributed by atoms with Crippen molar-refractivity contribution in [1.29, 1.82) is 0 Å². The smallest absolute Gasteiger partial charge is 0.161 e. The molecule has 0 unspecified atom stereocenters. The molecule has 2 nitrogen and oxygen atoms in total. The first-order valence-corrected chi connectivity index (χ1v) is 5.45. The van der Waals surface area contributed by atoms with Gasteiger partial charge in [-0.3, -0.25) is 0 Å². The number of aryl methyl sites for hydroxylation is 2. The average molecular weight is 231 g/mol. The minimum atomic E-state index is 0.288. The van der Waals surface area contributed by atoms with Gasteiger partial charge in [-0.25, -0.2) is 0 Å². The van der Waals surface area contributed by atoms with E-state index in [0.29, 0.717) is 5.76 Å². The Bertz CT molecular complexity index is 522. The van der Waals surface area contributed by atoms with Crippen molar-refractivity contribution in [2.24, 2.45) is 5.73 Å². The highest BCUT2D eigenvalue weighted by Crippen LogP contribution is 2.24. The highest BCUT2D eigenvalue weighted by molar-refractivity contribution is 7.80. The van der Waals surface area contributed by atoms with Gasteiger partial charge in [-0.1, -0.05) is 29.4 Å². The molecule has 0 saturated carbocycles. The lowest BCUT2D eigenvalue weighted by molar-refractivity contribution is 0.573. The third-order valence-corrected chi connectivity index (χ3v) is 2.56. The molecule has 1 aromatic carbocycles. The molecule has 0 bridgehead atoms. The van der Waals surface area contributed by atoms with Crippen molar-refractivity contribution in [3.8, 4) is 11.3 Å². The lowest BCUT2D eigenvalue weighted by Gasteiger charge is -2.01. The summed E-state index contributed by atoms with van der Waals surface area (Å²) in [7, 11) is 0. The SMILES string of the molecule is Cc1cc(C)cc(-c2ccc(C(N)=S)o2)c1. The summed E-state index contributed by atoms with van der Waals surface area (Å²) in [6, 6.07) is 9.98. The topological polar surface area (TPSA) is 39.2 Å². The van der Waals surface area contributed by atoms with Crippen molar-refractivity contribution in [2.45, 2.75) is 13.8 Å². The summed E-state index contributed by atoms with van der Waals surface area (Å²) in [5, 5.41) is 0. The second-order valence-corrected chi connectivity index (χ2v) is 4.34. The van der Waals surface area contributed by atoms with Crippen LogP contribution in [0.1, 0.15) is 16.9 Å². The van der Waals surface area contributed by atoms with Crippen molar-refractivity contribution in [3.63, 3.8) is 0 Å². The third kappa shape index (κ3) is 2.14. The summed E-state index contributed by atoms with van der Waals surface area (Å²) in [5.41, 5.74) is 8.98. The number of nitrogens with two attached hydrogens (primary N) is 1. The van der Waals surface area contributed by atoms with Gasteiger partial charge in [0.1, 0.15) is 10.7 Å². The van der Waals surface area contributed by atoms with E-state index in [0.717, 1.165) is 11.3 Å². The Hall–Kier alpha value is -1.61. The van der Waals surface area contributed by atoms with Gasteiger partial charge in [0, 0.05) is 5.56 Å². The van der Waals surface area contributed by atoms with Crippen LogP contribution < -0.4 is 5.73 Å². The maximum atomic E-state index is 5.57. The molecule has 0 atom stereocenters. The Balaban J connectivity index is 2.46. The van der Waals surface area contributed by atoms with Crippen LogP contribution in [0.25, 0.3) is 11.3 Å². The molecule has 2 N–H and O–H groups in total. The van der Waals surface area contributed by atoms with E-state index < -0.39 is 0 Å². The first-order valence-electron chi connectivity index (χ1n) is 5.04. The third-order valence-electron chi connectivity index (χ3n) is 2.36. The van der Waals surface area contributed by atoms with Crippen LogP contribution in [-0.4, -0.2) is 4.99 Å². The Kier molecular flexibility index (Phi) is 2.79. The summed E-state index contributed by atoms with van der Waals surface area (Å²) >= 11 is 4.86. The molecule has 0 spiro atoms. The Morgan fingerprint density at radius 2 is 1.75 bits per heavy atom. The van der Waals surface area contributed by atoms with Crippen molar-refractivity contribution in [1.82, 2.24) is 0 Å². The molecule has 0 aliphatic carbocycles. The van der Waals surface area contributed by atoms with Crippen molar-refractivity contribution in [3.05, 3.63) is 47.2 Å². The number of furan rings is 1. The summed E-state index contributed by atoms with van der Waals surface area (Å²) in [5.74, 6) is 1.36. The molecule has 3 heteroatoms. The molecule has 2 aromatic rings. The molecular weight excluding hydrogens is 218 g/mol. The lowest BCUT2D eigenvalue weighted by atomic mass is 10.1. The molecule has 0 fully saturated rings. The van der Waals surface area contributed by atoms with Crippen LogP contribution in [0.5, 0.6) is 0 Å². The summed E-state index contributed by atoms with van der Waals surface area (Å²) in [6.07, 6.45) is 0. The van der Waals surface area contributed by atoms with Crippen LogP contribution in [0.2, 0.25) is 0 Å². The van der Waals surface area contributed by atoms with Crippen LogP contribution in [0, 0.1) is 13.8 Å². The predicted molar refractivity (Wildman–Crippen MR) is 69.5 cm³/mol. The Morgan fingerprint density at radius 1 is 1.12 bits per heavy atom. The maximum Gasteiger partial charge on any atom is 0.161 e. The highest BCUT2D eigenvalue weighted by Gasteiger charge is 2.07. The molecule has 16 heavy (non-hydrogen) atoms. The molecule has 1 heterocycles. The zero-order chi connectivity index (χ0) is 11.7. The quantitative estimate of drug-likeness (QED) is 0.807. The van der Waals surface area contributed by atoms with E-state index in [1.807, 2.05) is 6.07 Å². The van der Waals surface area contributed by atoms with E-state index in [1.54, 1.807) is 6.07 Å². The number of hydrogen-bond donors (Lipinski definition) is 1. The van der Waals surface area contributed by atoms with E-state index in [-0.39, 0.29) is 4.99 Å². The molecule has 0 saturated heterocycles. The Labute approximate surface area is 100 Å². The largest absolute Gasteiger partial charge is 0.454 e.